The lowest BCUT2D eigenvalue weighted by Gasteiger charge is -2.10. The number of hydrogen-bond donors (Lipinski definition) is 0. The van der Waals surface area contributed by atoms with E-state index >= 15 is 0 Å². The lowest BCUT2D eigenvalue weighted by atomic mass is 10.1. The van der Waals surface area contributed by atoms with Crippen LogP contribution in [0.1, 0.15) is 5.56 Å². The Morgan fingerprint density at radius 3 is 2.52 bits per heavy atom. The van der Waals surface area contributed by atoms with Crippen LogP contribution in [0.5, 0.6) is 6.01 Å². The van der Waals surface area contributed by atoms with Gasteiger partial charge in [-0.3, -0.25) is 4.79 Å². The first-order valence-corrected chi connectivity index (χ1v) is 8.09. The summed E-state index contributed by atoms with van der Waals surface area (Å²) < 4.78 is 5.86. The van der Waals surface area contributed by atoms with Gasteiger partial charge < -0.3 is 9.57 Å². The Morgan fingerprint density at radius 1 is 1.04 bits per heavy atom. The number of rotatable bonds is 1. The molecule has 0 N–H and O–H groups in total. The van der Waals surface area contributed by atoms with Crippen LogP contribution in [0.15, 0.2) is 47.3 Å². The molecule has 0 fully saturated rings. The third-order valence-corrected chi connectivity index (χ3v) is 4.71. The number of hydrogen-bond acceptors (Lipinski definition) is 7. The summed E-state index contributed by atoms with van der Waals surface area (Å²) in [6.45, 7) is 1.99. The molecule has 0 spiro atoms. The minimum absolute atomic E-state index is 0.299. The molecule has 0 bridgehead atoms. The maximum Gasteiger partial charge on any atom is 0.357 e. The van der Waals surface area contributed by atoms with Crippen molar-refractivity contribution in [3.63, 3.8) is 0 Å². The molecule has 0 saturated carbocycles. The van der Waals surface area contributed by atoms with Crippen molar-refractivity contribution >= 4 is 33.5 Å². The first-order valence-electron chi connectivity index (χ1n) is 7.27. The normalized spacial score (nSPS) is 15.1. The molecule has 2 aromatic heterocycles. The van der Waals surface area contributed by atoms with Gasteiger partial charge in [0.25, 0.3) is 0 Å². The van der Waals surface area contributed by atoms with Gasteiger partial charge in [0.1, 0.15) is 4.70 Å². The fraction of sp³-hybridized carbons (Fsp3) is 0.0588. The van der Waals surface area contributed by atoms with E-state index in [0.29, 0.717) is 14.9 Å². The molecule has 1 aromatic carbocycles. The third-order valence-electron chi connectivity index (χ3n) is 3.55. The van der Waals surface area contributed by atoms with Crippen molar-refractivity contribution in [1.29, 1.82) is 0 Å². The van der Waals surface area contributed by atoms with E-state index in [0.717, 1.165) is 28.2 Å². The summed E-state index contributed by atoms with van der Waals surface area (Å²) in [5.41, 5.74) is 1.81. The predicted octanol–water partition coefficient (Wildman–Crippen LogP) is 1.86. The van der Waals surface area contributed by atoms with Crippen molar-refractivity contribution in [2.45, 2.75) is 6.92 Å². The number of esters is 1. The highest BCUT2D eigenvalue weighted by molar-refractivity contribution is 7.22. The van der Waals surface area contributed by atoms with Crippen LogP contribution in [0.3, 0.4) is 0 Å². The van der Waals surface area contributed by atoms with Crippen molar-refractivity contribution in [3.05, 3.63) is 58.4 Å². The van der Waals surface area contributed by atoms with Gasteiger partial charge in [0, 0.05) is 17.0 Å². The summed E-state index contributed by atoms with van der Waals surface area (Å²) in [6.07, 6.45) is 1.79. The molecule has 1 aliphatic heterocycles. The topological polar surface area (TPSA) is 87.5 Å². The van der Waals surface area contributed by atoms with Crippen LogP contribution in [0.4, 0.5) is 0 Å². The van der Waals surface area contributed by atoms with E-state index in [2.05, 4.69) is 4.98 Å². The Kier molecular flexibility index (Phi) is 3.47. The smallest absolute Gasteiger partial charge is 0.357 e. The van der Waals surface area contributed by atoms with Crippen LogP contribution in [0.25, 0.3) is 20.7 Å². The molecule has 3 heterocycles. The molecule has 0 radical (unpaired) electrons. The molecule has 0 amide bonds. The molecule has 0 saturated heterocycles. The Morgan fingerprint density at radius 2 is 1.76 bits per heavy atom. The van der Waals surface area contributed by atoms with E-state index in [1.807, 2.05) is 31.2 Å². The molecule has 8 heteroatoms. The van der Waals surface area contributed by atoms with Crippen LogP contribution in [-0.4, -0.2) is 21.7 Å². The van der Waals surface area contributed by atoms with Crippen LogP contribution in [0, 0.1) is 6.92 Å². The Labute approximate surface area is 144 Å². The van der Waals surface area contributed by atoms with E-state index in [1.54, 1.807) is 6.07 Å². The van der Waals surface area contributed by atoms with Crippen LogP contribution >= 0.6 is 11.3 Å². The molecule has 25 heavy (non-hydrogen) atoms. The number of ether oxygens (including phenoxy) is 1. The summed E-state index contributed by atoms with van der Waals surface area (Å²) >= 11 is 1.22. The number of nitrogens with zero attached hydrogens (tertiary/aromatic N) is 2. The lowest BCUT2D eigenvalue weighted by molar-refractivity contribution is -0.143. The zero-order chi connectivity index (χ0) is 17.6. The maximum absolute atomic E-state index is 12.6. The Hall–Kier alpha value is -3.26. The van der Waals surface area contributed by atoms with Crippen molar-refractivity contribution < 1.29 is 19.2 Å². The van der Waals surface area contributed by atoms with Gasteiger partial charge in [0.2, 0.25) is 0 Å². The summed E-state index contributed by atoms with van der Waals surface area (Å²) in [6, 6.07) is 9.17. The Balaban J connectivity index is 1.90. The van der Waals surface area contributed by atoms with Gasteiger partial charge in [0.05, 0.1) is 5.52 Å². The fourth-order valence-electron chi connectivity index (χ4n) is 2.33. The second kappa shape index (κ2) is 5.67. The van der Waals surface area contributed by atoms with E-state index in [4.69, 9.17) is 9.57 Å². The van der Waals surface area contributed by atoms with Crippen LogP contribution < -0.4 is 15.1 Å². The molecule has 3 aromatic rings. The van der Waals surface area contributed by atoms with Crippen LogP contribution in [-0.2, 0) is 9.59 Å². The third kappa shape index (κ3) is 2.72. The fourth-order valence-corrected chi connectivity index (χ4v) is 3.35. The molecule has 124 valence electrons. The first kappa shape index (κ1) is 15.3. The van der Waals surface area contributed by atoms with Crippen molar-refractivity contribution in [3.8, 4) is 16.5 Å². The molecule has 7 nitrogen and oxygen atoms in total. The van der Waals surface area contributed by atoms with Gasteiger partial charge in [-0.25, -0.2) is 9.59 Å². The zero-order valence-corrected chi connectivity index (χ0v) is 13.7. The summed E-state index contributed by atoms with van der Waals surface area (Å²) in [4.78, 5) is 45.7. The van der Waals surface area contributed by atoms with Gasteiger partial charge >= 0.3 is 23.5 Å². The van der Waals surface area contributed by atoms with Crippen molar-refractivity contribution in [2.24, 2.45) is 0 Å². The number of aromatic nitrogens is 2. The monoisotopic (exact) mass is 354 g/mol. The minimum atomic E-state index is -0.864. The van der Waals surface area contributed by atoms with E-state index < -0.39 is 17.5 Å². The number of fused-ring (bicyclic) bond motifs is 2. The summed E-state index contributed by atoms with van der Waals surface area (Å²) in [5.74, 6) is -1.68. The second-order valence-electron chi connectivity index (χ2n) is 5.35. The minimum Gasteiger partial charge on any atom is -0.387 e. The number of carbonyl (C=O) groups excluding carboxylic acids is 2. The molecule has 0 unspecified atom stereocenters. The number of carbonyl (C=O) groups is 2. The van der Waals surface area contributed by atoms with E-state index in [-0.39, 0.29) is 6.01 Å². The van der Waals surface area contributed by atoms with Gasteiger partial charge in [-0.15, -0.1) is 11.3 Å². The highest BCUT2D eigenvalue weighted by Crippen LogP contribution is 2.31. The molecular weight excluding hydrogens is 344 g/mol. The molecule has 0 aliphatic carbocycles. The second-order valence-corrected chi connectivity index (χ2v) is 6.40. The van der Waals surface area contributed by atoms with Gasteiger partial charge in [-0.1, -0.05) is 34.6 Å². The van der Waals surface area contributed by atoms with E-state index in [9.17, 15) is 14.4 Å². The summed E-state index contributed by atoms with van der Waals surface area (Å²) in [5, 5.41) is 0. The average Bonchev–Trinajstić information content (AvgIpc) is 3.00. The van der Waals surface area contributed by atoms with Gasteiger partial charge in [-0.05, 0) is 18.6 Å². The van der Waals surface area contributed by atoms with Crippen LogP contribution in [0.2, 0.25) is 0 Å². The van der Waals surface area contributed by atoms with Crippen molar-refractivity contribution in [2.75, 3.05) is 0 Å². The predicted molar refractivity (Wildman–Crippen MR) is 90.4 cm³/mol. The standard InChI is InChI=1S/C17H10N2O5S/c1-9-2-4-10(5-3-9)12-8-11-15(25-12)16(22)19-17(18-11)23-13(20)6-7-14(21)24-19/h2-8H,1H3/b7-6-. The number of benzene rings is 1. The number of thiophene rings is 1. The lowest BCUT2D eigenvalue weighted by Crippen LogP contribution is -2.33. The Bertz CT molecular complexity index is 1110. The quantitative estimate of drug-likeness (QED) is 0.620. The highest BCUT2D eigenvalue weighted by Gasteiger charge is 2.22. The maximum atomic E-state index is 12.6. The van der Waals surface area contributed by atoms with Crippen molar-refractivity contribution in [1.82, 2.24) is 9.71 Å². The highest BCUT2D eigenvalue weighted by atomic mass is 32.1. The molecule has 0 atom stereocenters. The largest absolute Gasteiger partial charge is 0.387 e. The van der Waals surface area contributed by atoms with Gasteiger partial charge in [0.15, 0.2) is 0 Å². The molecular formula is C17H10N2O5S. The van der Waals surface area contributed by atoms with E-state index in [1.165, 1.54) is 11.3 Å². The molecule has 1 aliphatic rings. The molecule has 4 rings (SSSR count). The zero-order valence-electron chi connectivity index (χ0n) is 12.9. The summed E-state index contributed by atoms with van der Waals surface area (Å²) in [7, 11) is 0. The number of aryl methyl sites for hydroxylation is 1. The SMILES string of the molecule is Cc1ccc(-c2cc3nc4n(c(=O)c3s2)OC(=O)/C=C\C(=O)O4)cc1. The first-order chi connectivity index (χ1) is 12.0. The van der Waals surface area contributed by atoms with Gasteiger partial charge in [-0.2, -0.15) is 4.98 Å². The average molecular weight is 354 g/mol.